The molecule has 0 unspecified atom stereocenters. The average Bonchev–Trinajstić information content (AvgIpc) is 2.89. The summed E-state index contributed by atoms with van der Waals surface area (Å²) in [6.07, 6.45) is 3.94. The quantitative estimate of drug-likeness (QED) is 0.574. The van der Waals surface area contributed by atoms with E-state index in [1.54, 1.807) is 0 Å². The van der Waals surface area contributed by atoms with E-state index in [0.717, 1.165) is 79.6 Å². The number of carbonyl (C=O) groups excluding carboxylic acids is 1. The second kappa shape index (κ2) is 9.94. The monoisotopic (exact) mass is 456 g/mol. The van der Waals surface area contributed by atoms with Gasteiger partial charge in [-0.05, 0) is 56.5 Å². The standard InChI is InChI=1S/C28H32N4O2/c1-20-5-3-6-23(17-20)26-18-29-21(2)30-27(26)24-7-4-12-32(19-24)28(33)22-8-10-25(11-9-22)31-13-15-34-16-14-31/h3,5-6,8-11,17-18,24H,4,7,12-16,19H2,1-2H3/t24-/m1/s1. The molecule has 6 heteroatoms. The van der Waals surface area contributed by atoms with Crippen molar-refractivity contribution in [2.45, 2.75) is 32.6 Å². The van der Waals surface area contributed by atoms with Crippen molar-refractivity contribution in [2.24, 2.45) is 0 Å². The fraction of sp³-hybridized carbons (Fsp3) is 0.393. The van der Waals surface area contributed by atoms with E-state index in [1.165, 1.54) is 5.56 Å². The van der Waals surface area contributed by atoms with E-state index in [1.807, 2.05) is 30.2 Å². The normalized spacial score (nSPS) is 18.7. The molecule has 6 nitrogen and oxygen atoms in total. The number of aryl methyl sites for hydroxylation is 2. The van der Waals surface area contributed by atoms with Crippen LogP contribution >= 0.6 is 0 Å². The summed E-state index contributed by atoms with van der Waals surface area (Å²) in [5.74, 6) is 1.07. The number of aromatic nitrogens is 2. The number of benzene rings is 2. The van der Waals surface area contributed by atoms with Gasteiger partial charge in [-0.25, -0.2) is 9.97 Å². The van der Waals surface area contributed by atoms with E-state index in [-0.39, 0.29) is 11.8 Å². The molecule has 0 radical (unpaired) electrons. The van der Waals surface area contributed by atoms with Crippen LogP contribution in [0.3, 0.4) is 0 Å². The number of anilines is 1. The first-order chi connectivity index (χ1) is 16.6. The van der Waals surface area contributed by atoms with Gasteiger partial charge in [0, 0.05) is 55.1 Å². The summed E-state index contributed by atoms with van der Waals surface area (Å²) in [4.78, 5) is 27.0. The minimum absolute atomic E-state index is 0.0983. The lowest BCUT2D eigenvalue weighted by Crippen LogP contribution is -2.39. The number of rotatable bonds is 4. The predicted octanol–water partition coefficient (Wildman–Crippen LogP) is 4.62. The molecule has 5 rings (SSSR count). The highest BCUT2D eigenvalue weighted by Gasteiger charge is 2.28. The van der Waals surface area contributed by atoms with Crippen LogP contribution in [-0.2, 0) is 4.74 Å². The Morgan fingerprint density at radius 3 is 2.59 bits per heavy atom. The van der Waals surface area contributed by atoms with Crippen molar-refractivity contribution in [3.8, 4) is 11.1 Å². The average molecular weight is 457 g/mol. The number of likely N-dealkylation sites (tertiary alicyclic amines) is 1. The molecule has 176 valence electrons. The highest BCUT2D eigenvalue weighted by atomic mass is 16.5. The summed E-state index contributed by atoms with van der Waals surface area (Å²) >= 11 is 0. The van der Waals surface area contributed by atoms with Gasteiger partial charge in [0.05, 0.1) is 18.9 Å². The fourth-order valence-corrected chi connectivity index (χ4v) is 5.04. The van der Waals surface area contributed by atoms with E-state index in [9.17, 15) is 4.79 Å². The second-order valence-electron chi connectivity index (χ2n) is 9.32. The molecule has 2 aromatic carbocycles. The van der Waals surface area contributed by atoms with Gasteiger partial charge in [-0.1, -0.05) is 29.8 Å². The first kappa shape index (κ1) is 22.5. The first-order valence-electron chi connectivity index (χ1n) is 12.2. The largest absolute Gasteiger partial charge is 0.378 e. The number of carbonyl (C=O) groups is 1. The van der Waals surface area contributed by atoms with Crippen molar-refractivity contribution in [3.63, 3.8) is 0 Å². The molecule has 3 aromatic rings. The van der Waals surface area contributed by atoms with Crippen molar-refractivity contribution in [1.29, 1.82) is 0 Å². The molecular weight excluding hydrogens is 424 g/mol. The van der Waals surface area contributed by atoms with E-state index in [0.29, 0.717) is 6.54 Å². The molecule has 0 spiro atoms. The number of piperidine rings is 1. The lowest BCUT2D eigenvalue weighted by Gasteiger charge is -2.33. The van der Waals surface area contributed by atoms with Crippen LogP contribution in [0.4, 0.5) is 5.69 Å². The van der Waals surface area contributed by atoms with Gasteiger partial charge in [-0.2, -0.15) is 0 Å². The van der Waals surface area contributed by atoms with E-state index < -0.39 is 0 Å². The zero-order chi connectivity index (χ0) is 23.5. The van der Waals surface area contributed by atoms with Crippen LogP contribution in [0.2, 0.25) is 0 Å². The molecule has 2 aliphatic heterocycles. The van der Waals surface area contributed by atoms with Crippen molar-refractivity contribution in [1.82, 2.24) is 14.9 Å². The third-order valence-electron chi connectivity index (χ3n) is 6.85. The number of hydrogen-bond donors (Lipinski definition) is 0. The number of hydrogen-bond acceptors (Lipinski definition) is 5. The minimum Gasteiger partial charge on any atom is -0.378 e. The maximum absolute atomic E-state index is 13.4. The Labute approximate surface area is 201 Å². The molecule has 34 heavy (non-hydrogen) atoms. The maximum Gasteiger partial charge on any atom is 0.253 e. The molecule has 0 aliphatic carbocycles. The Morgan fingerprint density at radius 1 is 1.03 bits per heavy atom. The van der Waals surface area contributed by atoms with Crippen molar-refractivity contribution in [3.05, 3.63) is 77.4 Å². The van der Waals surface area contributed by atoms with Crippen LogP contribution in [0.1, 0.15) is 46.2 Å². The van der Waals surface area contributed by atoms with E-state index >= 15 is 0 Å². The highest BCUT2D eigenvalue weighted by molar-refractivity contribution is 5.94. The molecule has 0 saturated carbocycles. The van der Waals surface area contributed by atoms with Crippen LogP contribution in [0.15, 0.2) is 54.7 Å². The molecule has 3 heterocycles. The molecule has 2 fully saturated rings. The van der Waals surface area contributed by atoms with Gasteiger partial charge < -0.3 is 14.5 Å². The van der Waals surface area contributed by atoms with E-state index in [2.05, 4.69) is 53.2 Å². The topological polar surface area (TPSA) is 58.6 Å². The smallest absolute Gasteiger partial charge is 0.253 e. The number of morpholine rings is 1. The van der Waals surface area contributed by atoms with Crippen LogP contribution < -0.4 is 4.90 Å². The Kier molecular flexibility index (Phi) is 6.59. The lowest BCUT2D eigenvalue weighted by molar-refractivity contribution is 0.0706. The second-order valence-corrected chi connectivity index (χ2v) is 9.32. The maximum atomic E-state index is 13.4. The molecule has 2 aliphatic rings. The molecule has 0 N–H and O–H groups in total. The van der Waals surface area contributed by atoms with E-state index in [4.69, 9.17) is 9.72 Å². The zero-order valence-electron chi connectivity index (χ0n) is 20.0. The van der Waals surface area contributed by atoms with Gasteiger partial charge in [-0.3, -0.25) is 4.79 Å². The van der Waals surface area contributed by atoms with Gasteiger partial charge in [0.2, 0.25) is 0 Å². The molecule has 1 aromatic heterocycles. The van der Waals surface area contributed by atoms with Gasteiger partial charge >= 0.3 is 0 Å². The van der Waals surface area contributed by atoms with Crippen molar-refractivity contribution in [2.75, 3.05) is 44.3 Å². The van der Waals surface area contributed by atoms with Crippen LogP contribution in [-0.4, -0.2) is 60.2 Å². The molecule has 2 saturated heterocycles. The van der Waals surface area contributed by atoms with Gasteiger partial charge in [0.15, 0.2) is 0 Å². The molecule has 1 amide bonds. The Balaban J connectivity index is 1.35. The third kappa shape index (κ3) is 4.82. The minimum atomic E-state index is 0.0983. The van der Waals surface area contributed by atoms with Gasteiger partial charge in [-0.15, -0.1) is 0 Å². The predicted molar refractivity (Wildman–Crippen MR) is 134 cm³/mol. The van der Waals surface area contributed by atoms with Crippen LogP contribution in [0, 0.1) is 13.8 Å². The summed E-state index contributed by atoms with van der Waals surface area (Å²) in [5, 5.41) is 0. The summed E-state index contributed by atoms with van der Waals surface area (Å²) in [6, 6.07) is 16.5. The molecule has 1 atom stereocenters. The van der Waals surface area contributed by atoms with Crippen LogP contribution in [0.25, 0.3) is 11.1 Å². The molecule has 0 bridgehead atoms. The van der Waals surface area contributed by atoms with Crippen molar-refractivity contribution >= 4 is 11.6 Å². The summed E-state index contributed by atoms with van der Waals surface area (Å²) < 4.78 is 5.45. The van der Waals surface area contributed by atoms with Gasteiger partial charge in [0.25, 0.3) is 5.91 Å². The SMILES string of the molecule is Cc1cccc(-c2cnc(C)nc2[C@@H]2CCCN(C(=O)c3ccc(N4CCOCC4)cc3)C2)c1. The first-order valence-corrected chi connectivity index (χ1v) is 12.2. The number of ether oxygens (including phenoxy) is 1. The summed E-state index contributed by atoms with van der Waals surface area (Å²) in [5.41, 5.74) is 6.37. The molecular formula is C28H32N4O2. The Morgan fingerprint density at radius 2 is 1.82 bits per heavy atom. The van der Waals surface area contributed by atoms with Crippen molar-refractivity contribution < 1.29 is 9.53 Å². The third-order valence-corrected chi connectivity index (χ3v) is 6.85. The summed E-state index contributed by atoms with van der Waals surface area (Å²) in [7, 11) is 0. The number of nitrogens with zero attached hydrogens (tertiary/aromatic N) is 4. The Bertz CT molecular complexity index is 1160. The van der Waals surface area contributed by atoms with Crippen LogP contribution in [0.5, 0.6) is 0 Å². The summed E-state index contributed by atoms with van der Waals surface area (Å²) in [6.45, 7) is 8.79. The lowest BCUT2D eigenvalue weighted by atomic mass is 9.89. The fourth-order valence-electron chi connectivity index (χ4n) is 5.04. The zero-order valence-corrected chi connectivity index (χ0v) is 20.0. The highest BCUT2D eigenvalue weighted by Crippen LogP contribution is 2.34. The van der Waals surface area contributed by atoms with Gasteiger partial charge in [0.1, 0.15) is 5.82 Å². The Hall–Kier alpha value is -3.25. The number of amides is 1.